The SMILES string of the molecule is O=C(O)c1ccc(C2CCCN(C(=O)CN3CCCCC3=O)C2)cc1. The second-order valence-electron chi connectivity index (χ2n) is 6.88. The zero-order chi connectivity index (χ0) is 17.8. The zero-order valence-corrected chi connectivity index (χ0v) is 14.3. The number of hydrogen-bond donors (Lipinski definition) is 1. The van der Waals surface area contributed by atoms with Gasteiger partial charge in [-0.1, -0.05) is 12.1 Å². The Balaban J connectivity index is 1.61. The highest BCUT2D eigenvalue weighted by molar-refractivity contribution is 5.87. The van der Waals surface area contributed by atoms with Gasteiger partial charge in [-0.05, 0) is 43.4 Å². The lowest BCUT2D eigenvalue weighted by atomic mass is 9.90. The van der Waals surface area contributed by atoms with Crippen molar-refractivity contribution in [1.82, 2.24) is 9.80 Å². The maximum absolute atomic E-state index is 12.6. The summed E-state index contributed by atoms with van der Waals surface area (Å²) >= 11 is 0. The third-order valence-corrected chi connectivity index (χ3v) is 5.15. The second-order valence-corrected chi connectivity index (χ2v) is 6.88. The summed E-state index contributed by atoms with van der Waals surface area (Å²) in [5.74, 6) is -0.615. The molecule has 25 heavy (non-hydrogen) atoms. The van der Waals surface area contributed by atoms with Crippen LogP contribution in [0.2, 0.25) is 0 Å². The number of hydrogen-bond acceptors (Lipinski definition) is 3. The van der Waals surface area contributed by atoms with E-state index >= 15 is 0 Å². The average Bonchev–Trinajstić information content (AvgIpc) is 2.64. The summed E-state index contributed by atoms with van der Waals surface area (Å²) in [6, 6.07) is 6.92. The second kappa shape index (κ2) is 7.68. The van der Waals surface area contributed by atoms with Gasteiger partial charge in [-0.15, -0.1) is 0 Å². The Kier molecular flexibility index (Phi) is 5.36. The van der Waals surface area contributed by atoms with Crippen LogP contribution in [-0.4, -0.2) is 58.9 Å². The van der Waals surface area contributed by atoms with Crippen LogP contribution in [0, 0.1) is 0 Å². The van der Waals surface area contributed by atoms with Crippen molar-refractivity contribution in [2.24, 2.45) is 0 Å². The first-order chi connectivity index (χ1) is 12.0. The molecule has 0 aromatic heterocycles. The molecular formula is C19H24N2O4. The third-order valence-electron chi connectivity index (χ3n) is 5.15. The molecule has 0 spiro atoms. The van der Waals surface area contributed by atoms with Gasteiger partial charge < -0.3 is 14.9 Å². The molecule has 0 saturated carbocycles. The van der Waals surface area contributed by atoms with E-state index < -0.39 is 5.97 Å². The molecule has 0 aliphatic carbocycles. The van der Waals surface area contributed by atoms with E-state index in [0.29, 0.717) is 19.5 Å². The van der Waals surface area contributed by atoms with Crippen molar-refractivity contribution in [3.63, 3.8) is 0 Å². The van der Waals surface area contributed by atoms with Crippen LogP contribution in [0.1, 0.15) is 53.9 Å². The fourth-order valence-electron chi connectivity index (χ4n) is 3.67. The quantitative estimate of drug-likeness (QED) is 0.907. The number of carboxylic acids is 1. The third kappa shape index (κ3) is 4.18. The predicted molar refractivity (Wildman–Crippen MR) is 92.4 cm³/mol. The molecule has 2 aliphatic rings. The maximum Gasteiger partial charge on any atom is 0.335 e. The Labute approximate surface area is 147 Å². The molecule has 1 aromatic rings. The van der Waals surface area contributed by atoms with Crippen LogP contribution < -0.4 is 0 Å². The monoisotopic (exact) mass is 344 g/mol. The number of benzene rings is 1. The molecule has 6 nitrogen and oxygen atoms in total. The van der Waals surface area contributed by atoms with Crippen molar-refractivity contribution < 1.29 is 19.5 Å². The molecule has 0 bridgehead atoms. The average molecular weight is 344 g/mol. The van der Waals surface area contributed by atoms with E-state index in [9.17, 15) is 14.4 Å². The Hall–Kier alpha value is -2.37. The molecule has 3 rings (SSSR count). The summed E-state index contributed by atoms with van der Waals surface area (Å²) < 4.78 is 0. The number of amides is 2. The topological polar surface area (TPSA) is 77.9 Å². The molecule has 2 heterocycles. The summed E-state index contributed by atoms with van der Waals surface area (Å²) in [6.45, 7) is 2.22. The molecule has 2 saturated heterocycles. The lowest BCUT2D eigenvalue weighted by Gasteiger charge is -2.35. The predicted octanol–water partition coefficient (Wildman–Crippen LogP) is 2.10. The van der Waals surface area contributed by atoms with E-state index in [1.165, 1.54) is 0 Å². The highest BCUT2D eigenvalue weighted by Crippen LogP contribution is 2.27. The van der Waals surface area contributed by atoms with Crippen molar-refractivity contribution in [3.05, 3.63) is 35.4 Å². The number of piperidine rings is 2. The summed E-state index contributed by atoms with van der Waals surface area (Å²) in [6.07, 6.45) is 4.34. The van der Waals surface area contributed by atoms with Crippen LogP contribution in [0.25, 0.3) is 0 Å². The van der Waals surface area contributed by atoms with Gasteiger partial charge >= 0.3 is 5.97 Å². The minimum Gasteiger partial charge on any atom is -0.478 e. The van der Waals surface area contributed by atoms with E-state index in [1.807, 2.05) is 17.0 Å². The number of carbonyl (C=O) groups excluding carboxylic acids is 2. The van der Waals surface area contributed by atoms with Gasteiger partial charge in [0.25, 0.3) is 0 Å². The Morgan fingerprint density at radius 1 is 1.08 bits per heavy atom. The normalized spacial score (nSPS) is 21.3. The molecule has 2 aliphatic heterocycles. The first-order valence-electron chi connectivity index (χ1n) is 8.93. The number of rotatable bonds is 4. The van der Waals surface area contributed by atoms with Gasteiger partial charge in [-0.2, -0.15) is 0 Å². The Bertz CT molecular complexity index is 656. The van der Waals surface area contributed by atoms with Crippen LogP contribution in [-0.2, 0) is 9.59 Å². The Morgan fingerprint density at radius 3 is 2.52 bits per heavy atom. The van der Waals surface area contributed by atoms with Crippen molar-refractivity contribution in [3.8, 4) is 0 Å². The van der Waals surface area contributed by atoms with Gasteiger partial charge in [0.1, 0.15) is 0 Å². The van der Waals surface area contributed by atoms with Crippen molar-refractivity contribution >= 4 is 17.8 Å². The summed E-state index contributed by atoms with van der Waals surface area (Å²) in [4.78, 5) is 39.0. The van der Waals surface area contributed by atoms with E-state index in [4.69, 9.17) is 5.11 Å². The van der Waals surface area contributed by atoms with Crippen molar-refractivity contribution in [2.45, 2.75) is 38.0 Å². The lowest BCUT2D eigenvalue weighted by molar-refractivity contribution is -0.142. The van der Waals surface area contributed by atoms with Gasteiger partial charge in [-0.25, -0.2) is 4.79 Å². The summed E-state index contributed by atoms with van der Waals surface area (Å²) in [7, 11) is 0. The smallest absolute Gasteiger partial charge is 0.335 e. The largest absolute Gasteiger partial charge is 0.478 e. The van der Waals surface area contributed by atoms with Gasteiger partial charge in [-0.3, -0.25) is 9.59 Å². The number of aromatic carboxylic acids is 1. The fraction of sp³-hybridized carbons (Fsp3) is 0.526. The van der Waals surface area contributed by atoms with Crippen LogP contribution in [0.4, 0.5) is 0 Å². The molecule has 1 aromatic carbocycles. The first kappa shape index (κ1) is 17.5. The highest BCUT2D eigenvalue weighted by Gasteiger charge is 2.28. The standard InChI is InChI=1S/C19H24N2O4/c22-17-5-1-2-10-21(17)13-18(23)20-11-3-4-16(12-20)14-6-8-15(9-7-14)19(24)25/h6-9,16H,1-5,10-13H2,(H,24,25). The molecule has 0 radical (unpaired) electrons. The van der Waals surface area contributed by atoms with E-state index in [1.54, 1.807) is 17.0 Å². The molecule has 2 amide bonds. The molecule has 6 heteroatoms. The molecule has 1 atom stereocenters. The first-order valence-corrected chi connectivity index (χ1v) is 8.93. The summed E-state index contributed by atoms with van der Waals surface area (Å²) in [5, 5.41) is 8.99. The van der Waals surface area contributed by atoms with Gasteiger partial charge in [0.15, 0.2) is 0 Å². The fourth-order valence-corrected chi connectivity index (χ4v) is 3.67. The molecule has 1 unspecified atom stereocenters. The van der Waals surface area contributed by atoms with Gasteiger partial charge in [0.2, 0.25) is 11.8 Å². The van der Waals surface area contributed by atoms with Gasteiger partial charge in [0.05, 0.1) is 12.1 Å². The minimum atomic E-state index is -0.932. The van der Waals surface area contributed by atoms with Crippen molar-refractivity contribution in [2.75, 3.05) is 26.2 Å². The number of carbonyl (C=O) groups is 3. The molecule has 2 fully saturated rings. The van der Waals surface area contributed by atoms with E-state index in [-0.39, 0.29) is 29.8 Å². The molecule has 134 valence electrons. The van der Waals surface area contributed by atoms with Crippen LogP contribution in [0.3, 0.4) is 0 Å². The van der Waals surface area contributed by atoms with Crippen LogP contribution in [0.5, 0.6) is 0 Å². The maximum atomic E-state index is 12.6. The summed E-state index contributed by atoms with van der Waals surface area (Å²) in [5.41, 5.74) is 1.34. The van der Waals surface area contributed by atoms with E-state index in [2.05, 4.69) is 0 Å². The molecular weight excluding hydrogens is 320 g/mol. The van der Waals surface area contributed by atoms with Crippen LogP contribution in [0.15, 0.2) is 24.3 Å². The highest BCUT2D eigenvalue weighted by atomic mass is 16.4. The zero-order valence-electron chi connectivity index (χ0n) is 14.3. The van der Waals surface area contributed by atoms with Crippen molar-refractivity contribution in [1.29, 1.82) is 0 Å². The Morgan fingerprint density at radius 2 is 1.84 bits per heavy atom. The molecule has 1 N–H and O–H groups in total. The number of nitrogens with zero attached hydrogens (tertiary/aromatic N) is 2. The number of likely N-dealkylation sites (tertiary alicyclic amines) is 2. The van der Waals surface area contributed by atoms with Gasteiger partial charge in [0, 0.05) is 32.0 Å². The lowest BCUT2D eigenvalue weighted by Crippen LogP contribution is -2.47. The minimum absolute atomic E-state index is 0.0158. The number of carboxylic acid groups (broad SMARTS) is 1. The van der Waals surface area contributed by atoms with E-state index in [0.717, 1.165) is 37.8 Å². The van der Waals surface area contributed by atoms with Crippen LogP contribution >= 0.6 is 0 Å².